The maximum atomic E-state index is 12.5. The van der Waals surface area contributed by atoms with Crippen LogP contribution >= 0.6 is 11.3 Å². The van der Waals surface area contributed by atoms with E-state index in [1.807, 2.05) is 42.6 Å². The summed E-state index contributed by atoms with van der Waals surface area (Å²) in [5.41, 5.74) is 2.66. The smallest absolute Gasteiger partial charge is 0.257 e. The van der Waals surface area contributed by atoms with Crippen LogP contribution in [0.25, 0.3) is 0 Å². The topological polar surface area (TPSA) is 51.0 Å². The summed E-state index contributed by atoms with van der Waals surface area (Å²) in [7, 11) is 1.78. The molecule has 0 unspecified atom stereocenters. The molecule has 0 radical (unpaired) electrons. The largest absolute Gasteiger partial charge is 0.336 e. The van der Waals surface area contributed by atoms with Gasteiger partial charge in [-0.3, -0.25) is 9.48 Å². The van der Waals surface area contributed by atoms with Gasteiger partial charge in [0.1, 0.15) is 0 Å². The fraction of sp³-hybridized carbons (Fsp3) is 0.235. The van der Waals surface area contributed by atoms with Gasteiger partial charge in [0, 0.05) is 18.6 Å². The summed E-state index contributed by atoms with van der Waals surface area (Å²) in [6.07, 6.45) is 3.41. The highest BCUT2D eigenvalue weighted by atomic mass is 32.1. The number of hydrogen-bond acceptors (Lipinski definition) is 4. The van der Waals surface area contributed by atoms with Crippen molar-refractivity contribution in [3.8, 4) is 0 Å². The van der Waals surface area contributed by atoms with Crippen LogP contribution in [0.5, 0.6) is 0 Å². The van der Waals surface area contributed by atoms with E-state index in [0.717, 1.165) is 16.3 Å². The first-order valence-corrected chi connectivity index (χ1v) is 8.22. The molecule has 2 aromatic heterocycles. The van der Waals surface area contributed by atoms with Crippen molar-refractivity contribution >= 4 is 17.2 Å². The number of nitrogens with zero attached hydrogens (tertiary/aromatic N) is 4. The van der Waals surface area contributed by atoms with Crippen molar-refractivity contribution in [2.24, 2.45) is 0 Å². The number of hydrogen-bond donors (Lipinski definition) is 0. The van der Waals surface area contributed by atoms with Crippen LogP contribution in [0.4, 0.5) is 0 Å². The van der Waals surface area contributed by atoms with Crippen LogP contribution in [0.3, 0.4) is 0 Å². The molecule has 0 saturated carbocycles. The Balaban J connectivity index is 1.65. The second-order valence-electron chi connectivity index (χ2n) is 5.43. The maximum Gasteiger partial charge on any atom is 0.257 e. The van der Waals surface area contributed by atoms with Gasteiger partial charge >= 0.3 is 0 Å². The van der Waals surface area contributed by atoms with Crippen LogP contribution in [0.1, 0.15) is 26.6 Å². The van der Waals surface area contributed by atoms with Crippen LogP contribution in [0.2, 0.25) is 0 Å². The maximum absolute atomic E-state index is 12.5. The molecule has 0 spiro atoms. The van der Waals surface area contributed by atoms with E-state index < -0.39 is 0 Å². The van der Waals surface area contributed by atoms with Crippen LogP contribution in [-0.4, -0.2) is 32.6 Å². The molecule has 1 aromatic carbocycles. The normalized spacial score (nSPS) is 10.7. The average molecular weight is 326 g/mol. The van der Waals surface area contributed by atoms with Crippen LogP contribution in [-0.2, 0) is 13.1 Å². The highest BCUT2D eigenvalue weighted by Gasteiger charge is 2.15. The van der Waals surface area contributed by atoms with E-state index in [1.165, 1.54) is 0 Å². The van der Waals surface area contributed by atoms with E-state index in [4.69, 9.17) is 0 Å². The lowest BCUT2D eigenvalue weighted by Gasteiger charge is -2.14. The number of rotatable bonds is 5. The van der Waals surface area contributed by atoms with Gasteiger partial charge in [-0.1, -0.05) is 30.3 Å². The number of aryl methyl sites for hydroxylation is 1. The van der Waals surface area contributed by atoms with Crippen molar-refractivity contribution in [2.75, 3.05) is 7.05 Å². The van der Waals surface area contributed by atoms with Crippen molar-refractivity contribution in [1.29, 1.82) is 0 Å². The molecule has 1 amide bonds. The summed E-state index contributed by atoms with van der Waals surface area (Å²) in [5.74, 6) is -0.0463. The molecule has 6 heteroatoms. The summed E-state index contributed by atoms with van der Waals surface area (Å²) >= 11 is 1.59. The SMILES string of the molecule is Cc1nc(CN(C)C(=O)c2cnn(Cc3ccccc3)c2)cs1. The van der Waals surface area contributed by atoms with Gasteiger partial charge in [0.15, 0.2) is 0 Å². The third kappa shape index (κ3) is 3.84. The molecule has 118 valence electrons. The predicted octanol–water partition coefficient (Wildman–Crippen LogP) is 2.97. The first kappa shape index (κ1) is 15.4. The lowest BCUT2D eigenvalue weighted by Crippen LogP contribution is -2.26. The molecule has 5 nitrogen and oxygen atoms in total. The van der Waals surface area contributed by atoms with Crippen molar-refractivity contribution in [2.45, 2.75) is 20.0 Å². The fourth-order valence-electron chi connectivity index (χ4n) is 2.35. The summed E-state index contributed by atoms with van der Waals surface area (Å²) in [6.45, 7) is 3.12. The highest BCUT2D eigenvalue weighted by molar-refractivity contribution is 7.09. The monoisotopic (exact) mass is 326 g/mol. The zero-order chi connectivity index (χ0) is 16.2. The zero-order valence-electron chi connectivity index (χ0n) is 13.1. The van der Waals surface area contributed by atoms with Crippen LogP contribution in [0.15, 0.2) is 48.1 Å². The highest BCUT2D eigenvalue weighted by Crippen LogP contribution is 2.12. The Labute approximate surface area is 139 Å². The second kappa shape index (κ2) is 6.75. The van der Waals surface area contributed by atoms with Gasteiger partial charge in [0.25, 0.3) is 5.91 Å². The number of amides is 1. The van der Waals surface area contributed by atoms with Crippen LogP contribution < -0.4 is 0 Å². The molecule has 2 heterocycles. The minimum Gasteiger partial charge on any atom is -0.336 e. The quantitative estimate of drug-likeness (QED) is 0.724. The van der Waals surface area contributed by atoms with Crippen molar-refractivity contribution < 1.29 is 4.79 Å². The van der Waals surface area contributed by atoms with Crippen molar-refractivity contribution in [3.63, 3.8) is 0 Å². The molecule has 0 saturated heterocycles. The summed E-state index contributed by atoms with van der Waals surface area (Å²) in [5, 5.41) is 7.28. The first-order valence-electron chi connectivity index (χ1n) is 7.34. The molecule has 0 N–H and O–H groups in total. The number of thiazole rings is 1. The Hall–Kier alpha value is -2.47. The first-order chi connectivity index (χ1) is 11.1. The molecular formula is C17H18N4OS. The Morgan fingerprint density at radius 3 is 2.78 bits per heavy atom. The zero-order valence-corrected chi connectivity index (χ0v) is 14.0. The van der Waals surface area contributed by atoms with Gasteiger partial charge in [0.05, 0.1) is 35.6 Å². The molecule has 0 aliphatic heterocycles. The van der Waals surface area contributed by atoms with Gasteiger partial charge < -0.3 is 4.90 Å². The van der Waals surface area contributed by atoms with Crippen molar-refractivity contribution in [1.82, 2.24) is 19.7 Å². The van der Waals surface area contributed by atoms with Gasteiger partial charge in [-0.15, -0.1) is 11.3 Å². The standard InChI is InChI=1S/C17H18N4OS/c1-13-19-16(12-23-13)11-20(2)17(22)15-8-18-21(10-15)9-14-6-4-3-5-7-14/h3-8,10,12H,9,11H2,1-2H3. The molecule has 0 atom stereocenters. The summed E-state index contributed by atoms with van der Waals surface area (Å²) in [4.78, 5) is 18.5. The Bertz CT molecular complexity index is 794. The number of aromatic nitrogens is 3. The van der Waals surface area contributed by atoms with Gasteiger partial charge in [0.2, 0.25) is 0 Å². The van der Waals surface area contributed by atoms with Gasteiger partial charge in [-0.05, 0) is 12.5 Å². The lowest BCUT2D eigenvalue weighted by atomic mass is 10.2. The van der Waals surface area contributed by atoms with Crippen LogP contribution in [0, 0.1) is 6.92 Å². The van der Waals surface area contributed by atoms with E-state index in [0.29, 0.717) is 18.7 Å². The minimum atomic E-state index is -0.0463. The Morgan fingerprint density at radius 1 is 1.30 bits per heavy atom. The Kier molecular flexibility index (Phi) is 4.52. The summed E-state index contributed by atoms with van der Waals surface area (Å²) < 4.78 is 1.78. The Morgan fingerprint density at radius 2 is 2.09 bits per heavy atom. The third-order valence-corrected chi connectivity index (χ3v) is 4.30. The number of carbonyl (C=O) groups is 1. The molecule has 0 bridgehead atoms. The average Bonchev–Trinajstić information content (AvgIpc) is 3.17. The molecular weight excluding hydrogens is 308 g/mol. The van der Waals surface area contributed by atoms with Gasteiger partial charge in [-0.2, -0.15) is 5.10 Å². The fourth-order valence-corrected chi connectivity index (χ4v) is 2.95. The van der Waals surface area contributed by atoms with E-state index in [1.54, 1.807) is 40.4 Å². The summed E-state index contributed by atoms with van der Waals surface area (Å²) in [6, 6.07) is 10.1. The minimum absolute atomic E-state index is 0.0463. The van der Waals surface area contributed by atoms with E-state index in [9.17, 15) is 4.79 Å². The second-order valence-corrected chi connectivity index (χ2v) is 6.49. The van der Waals surface area contributed by atoms with Crippen molar-refractivity contribution in [3.05, 3.63) is 69.9 Å². The molecule has 0 aliphatic rings. The molecule has 3 aromatic rings. The molecule has 3 rings (SSSR count). The molecule has 0 aliphatic carbocycles. The van der Waals surface area contributed by atoms with E-state index in [-0.39, 0.29) is 5.91 Å². The number of carbonyl (C=O) groups excluding carboxylic acids is 1. The predicted molar refractivity (Wildman–Crippen MR) is 90.4 cm³/mol. The molecule has 23 heavy (non-hydrogen) atoms. The number of benzene rings is 1. The third-order valence-electron chi connectivity index (χ3n) is 3.48. The van der Waals surface area contributed by atoms with Gasteiger partial charge in [-0.25, -0.2) is 4.98 Å². The lowest BCUT2D eigenvalue weighted by molar-refractivity contribution is 0.0783. The van der Waals surface area contributed by atoms with E-state index >= 15 is 0 Å². The van der Waals surface area contributed by atoms with E-state index in [2.05, 4.69) is 10.1 Å². The molecule has 0 fully saturated rings.